The van der Waals surface area contributed by atoms with Crippen molar-refractivity contribution in [3.05, 3.63) is 0 Å². The molecule has 0 aromatic heterocycles. The molecule has 3 unspecified atom stereocenters. The van der Waals surface area contributed by atoms with E-state index in [4.69, 9.17) is 9.47 Å². The van der Waals surface area contributed by atoms with Crippen LogP contribution in [0.2, 0.25) is 0 Å². The normalized spacial score (nSPS) is 55.7. The summed E-state index contributed by atoms with van der Waals surface area (Å²) in [6.45, 7) is 9.02. The van der Waals surface area contributed by atoms with E-state index < -0.39 is 0 Å². The number of fused-ring (bicyclic) bond motifs is 1. The van der Waals surface area contributed by atoms with Crippen LogP contribution in [0.25, 0.3) is 0 Å². The second kappa shape index (κ2) is 2.73. The molecule has 2 heterocycles. The predicted octanol–water partition coefficient (Wildman–Crippen LogP) is 2.29. The van der Waals surface area contributed by atoms with Gasteiger partial charge in [0, 0.05) is 5.92 Å². The largest absolute Gasteiger partial charge is 0.352 e. The highest BCUT2D eigenvalue weighted by Gasteiger charge is 2.61. The average Bonchev–Trinajstić information content (AvgIpc) is 2.65. The Kier molecular flexibility index (Phi) is 1.79. The Labute approximate surface area is 86.0 Å². The molecule has 0 radical (unpaired) electrons. The molecule has 14 heavy (non-hydrogen) atoms. The molecule has 0 aromatic rings. The first-order chi connectivity index (χ1) is 6.64. The second-order valence-electron chi connectivity index (χ2n) is 5.76. The fourth-order valence-electron chi connectivity index (χ4n) is 3.97. The summed E-state index contributed by atoms with van der Waals surface area (Å²) in [6, 6.07) is 0. The molecule has 2 saturated heterocycles. The first kappa shape index (κ1) is 9.17. The van der Waals surface area contributed by atoms with E-state index in [0.717, 1.165) is 31.0 Å². The van der Waals surface area contributed by atoms with E-state index in [1.165, 1.54) is 6.42 Å². The van der Waals surface area contributed by atoms with Crippen molar-refractivity contribution in [3.8, 4) is 0 Å². The van der Waals surface area contributed by atoms with Gasteiger partial charge in [-0.1, -0.05) is 20.8 Å². The van der Waals surface area contributed by atoms with Crippen molar-refractivity contribution in [1.82, 2.24) is 0 Å². The average molecular weight is 196 g/mol. The second-order valence-corrected chi connectivity index (χ2v) is 5.76. The highest BCUT2D eigenvalue weighted by molar-refractivity contribution is 5.06. The highest BCUT2D eigenvalue weighted by atomic mass is 16.7. The lowest BCUT2D eigenvalue weighted by Gasteiger charge is -2.40. The van der Waals surface area contributed by atoms with E-state index in [-0.39, 0.29) is 6.29 Å². The number of hydrogen-bond acceptors (Lipinski definition) is 2. The summed E-state index contributed by atoms with van der Waals surface area (Å²) in [7, 11) is 0. The van der Waals surface area contributed by atoms with E-state index in [0.29, 0.717) is 11.3 Å². The molecule has 0 N–H and O–H groups in total. The van der Waals surface area contributed by atoms with Gasteiger partial charge in [0.1, 0.15) is 0 Å². The van der Waals surface area contributed by atoms with E-state index >= 15 is 0 Å². The third kappa shape index (κ3) is 0.892. The van der Waals surface area contributed by atoms with Crippen molar-refractivity contribution in [2.45, 2.75) is 33.5 Å². The zero-order valence-electron chi connectivity index (χ0n) is 9.32. The van der Waals surface area contributed by atoms with Gasteiger partial charge >= 0.3 is 0 Å². The molecule has 1 saturated carbocycles. The third-order valence-corrected chi connectivity index (χ3v) is 5.25. The van der Waals surface area contributed by atoms with Crippen molar-refractivity contribution in [2.75, 3.05) is 13.2 Å². The maximum Gasteiger partial charge on any atom is 0.160 e. The highest BCUT2D eigenvalue weighted by Crippen LogP contribution is 2.61. The summed E-state index contributed by atoms with van der Waals surface area (Å²) < 4.78 is 11.5. The topological polar surface area (TPSA) is 18.5 Å². The van der Waals surface area contributed by atoms with Crippen molar-refractivity contribution in [2.24, 2.45) is 29.1 Å². The Morgan fingerprint density at radius 2 is 1.93 bits per heavy atom. The van der Waals surface area contributed by atoms with Crippen molar-refractivity contribution < 1.29 is 9.47 Å². The van der Waals surface area contributed by atoms with Crippen LogP contribution >= 0.6 is 0 Å². The monoisotopic (exact) mass is 196 g/mol. The molecule has 3 fully saturated rings. The summed E-state index contributed by atoms with van der Waals surface area (Å²) in [5, 5.41) is 0. The first-order valence-corrected chi connectivity index (χ1v) is 5.87. The van der Waals surface area contributed by atoms with Gasteiger partial charge in [-0.3, -0.25) is 0 Å². The Bertz CT molecular complexity index is 251. The van der Waals surface area contributed by atoms with Gasteiger partial charge in [0.2, 0.25) is 0 Å². The fraction of sp³-hybridized carbons (Fsp3) is 1.00. The maximum atomic E-state index is 5.78. The maximum absolute atomic E-state index is 5.78. The summed E-state index contributed by atoms with van der Waals surface area (Å²) >= 11 is 0. The van der Waals surface area contributed by atoms with Gasteiger partial charge in [-0.15, -0.1) is 0 Å². The molecule has 2 bridgehead atoms. The quantitative estimate of drug-likeness (QED) is 0.640. The molecule has 2 heteroatoms. The molecule has 5 atom stereocenters. The number of hydrogen-bond donors (Lipinski definition) is 0. The van der Waals surface area contributed by atoms with Gasteiger partial charge in [0.25, 0.3) is 0 Å². The minimum absolute atomic E-state index is 0.136. The SMILES string of the molecule is CC(C)[C@@]1(C)C2CO[C@H]3OCC1C3C2. The van der Waals surface area contributed by atoms with E-state index in [1.807, 2.05) is 0 Å². The Morgan fingerprint density at radius 3 is 2.64 bits per heavy atom. The summed E-state index contributed by atoms with van der Waals surface area (Å²) in [4.78, 5) is 0. The van der Waals surface area contributed by atoms with E-state index in [1.54, 1.807) is 0 Å². The molecule has 3 rings (SSSR count). The minimum atomic E-state index is 0.136. The van der Waals surface area contributed by atoms with Crippen LogP contribution in [0, 0.1) is 29.1 Å². The zero-order valence-corrected chi connectivity index (χ0v) is 9.32. The van der Waals surface area contributed by atoms with Gasteiger partial charge < -0.3 is 9.47 Å². The van der Waals surface area contributed by atoms with Crippen molar-refractivity contribution in [1.29, 1.82) is 0 Å². The molecule has 80 valence electrons. The van der Waals surface area contributed by atoms with Gasteiger partial charge in [-0.2, -0.15) is 0 Å². The lowest BCUT2D eigenvalue weighted by molar-refractivity contribution is -0.173. The molecule has 1 aliphatic carbocycles. The zero-order chi connectivity index (χ0) is 9.92. The van der Waals surface area contributed by atoms with Crippen LogP contribution < -0.4 is 0 Å². The van der Waals surface area contributed by atoms with Gasteiger partial charge in [0.05, 0.1) is 13.2 Å². The van der Waals surface area contributed by atoms with Crippen LogP contribution in [0.5, 0.6) is 0 Å². The Hall–Kier alpha value is -0.0800. The fourth-order valence-corrected chi connectivity index (χ4v) is 3.97. The minimum Gasteiger partial charge on any atom is -0.352 e. The predicted molar refractivity (Wildman–Crippen MR) is 53.7 cm³/mol. The van der Waals surface area contributed by atoms with E-state index in [9.17, 15) is 0 Å². The molecule has 0 aromatic carbocycles. The lowest BCUT2D eigenvalue weighted by Crippen LogP contribution is -2.38. The van der Waals surface area contributed by atoms with Gasteiger partial charge in [-0.25, -0.2) is 0 Å². The van der Waals surface area contributed by atoms with Crippen LogP contribution in [0.15, 0.2) is 0 Å². The van der Waals surface area contributed by atoms with Crippen LogP contribution in [0.4, 0.5) is 0 Å². The van der Waals surface area contributed by atoms with Crippen LogP contribution in [0.3, 0.4) is 0 Å². The summed E-state index contributed by atoms with van der Waals surface area (Å²) in [6.07, 6.45) is 1.47. The van der Waals surface area contributed by atoms with Crippen LogP contribution in [-0.4, -0.2) is 19.5 Å². The van der Waals surface area contributed by atoms with Crippen LogP contribution in [-0.2, 0) is 9.47 Å². The molecular weight excluding hydrogens is 176 g/mol. The molecule has 2 aliphatic heterocycles. The Balaban J connectivity index is 1.99. The standard InChI is InChI=1S/C12H20O2/c1-7(2)12(3)8-4-9-10(12)6-14-11(9)13-5-8/h7-11H,4-6H2,1-3H3/t8?,9?,10?,11-,12-/m0/s1. The van der Waals surface area contributed by atoms with Gasteiger partial charge in [-0.05, 0) is 29.6 Å². The smallest absolute Gasteiger partial charge is 0.160 e. The van der Waals surface area contributed by atoms with Crippen molar-refractivity contribution in [3.63, 3.8) is 0 Å². The van der Waals surface area contributed by atoms with Crippen LogP contribution in [0.1, 0.15) is 27.2 Å². The van der Waals surface area contributed by atoms with Gasteiger partial charge in [0.15, 0.2) is 6.29 Å². The summed E-state index contributed by atoms with van der Waals surface area (Å²) in [5.74, 6) is 2.96. The molecule has 2 nitrogen and oxygen atoms in total. The lowest BCUT2D eigenvalue weighted by atomic mass is 9.66. The number of ether oxygens (including phenoxy) is 2. The molecule has 0 amide bonds. The number of rotatable bonds is 1. The van der Waals surface area contributed by atoms with Crippen molar-refractivity contribution >= 4 is 0 Å². The summed E-state index contributed by atoms with van der Waals surface area (Å²) in [5.41, 5.74) is 0.454. The Morgan fingerprint density at radius 1 is 1.21 bits per heavy atom. The molecule has 0 spiro atoms. The molecule has 3 aliphatic rings. The molecular formula is C12H20O2. The van der Waals surface area contributed by atoms with E-state index in [2.05, 4.69) is 20.8 Å². The first-order valence-electron chi connectivity index (χ1n) is 5.87. The third-order valence-electron chi connectivity index (χ3n) is 5.25.